The number of hydrogen-bond acceptors (Lipinski definition) is 3. The van der Waals surface area contributed by atoms with Gasteiger partial charge in [0.25, 0.3) is 0 Å². The number of nitrogens with zero attached hydrogens (tertiary/aromatic N) is 2. The molecule has 5 rings (SSSR count). The second-order valence-corrected chi connectivity index (χ2v) is 8.97. The van der Waals surface area contributed by atoms with Gasteiger partial charge >= 0.3 is 0 Å². The lowest BCUT2D eigenvalue weighted by Crippen LogP contribution is -2.60. The fourth-order valence-electron chi connectivity index (χ4n) is 5.58. The van der Waals surface area contributed by atoms with Crippen molar-refractivity contribution in [1.29, 1.82) is 0 Å². The topological polar surface area (TPSA) is 40.6 Å². The van der Waals surface area contributed by atoms with E-state index < -0.39 is 0 Å². The van der Waals surface area contributed by atoms with Crippen molar-refractivity contribution in [1.82, 2.24) is 9.80 Å². The Kier molecular flexibility index (Phi) is 3.47. The van der Waals surface area contributed by atoms with Gasteiger partial charge in [0.1, 0.15) is 0 Å². The fraction of sp³-hybridized carbons (Fsp3) is 0.684. The molecule has 0 spiro atoms. The van der Waals surface area contributed by atoms with E-state index in [-0.39, 0.29) is 11.8 Å². The molecule has 0 aromatic carbocycles. The van der Waals surface area contributed by atoms with Gasteiger partial charge in [-0.1, -0.05) is 0 Å². The van der Waals surface area contributed by atoms with Crippen molar-refractivity contribution in [3.05, 3.63) is 21.9 Å². The summed E-state index contributed by atoms with van der Waals surface area (Å²) in [7, 11) is 0. The summed E-state index contributed by atoms with van der Waals surface area (Å²) in [5, 5.41) is 2.11. The van der Waals surface area contributed by atoms with E-state index >= 15 is 0 Å². The lowest BCUT2D eigenvalue weighted by atomic mass is 9.76. The first-order chi connectivity index (χ1) is 11.7. The molecule has 2 aliphatic heterocycles. The Balaban J connectivity index is 1.14. The average molecular weight is 344 g/mol. The van der Waals surface area contributed by atoms with Gasteiger partial charge in [-0.2, -0.15) is 0 Å². The first kappa shape index (κ1) is 14.9. The minimum Gasteiger partial charge on any atom is -0.339 e. The van der Waals surface area contributed by atoms with Gasteiger partial charge in [0.05, 0.1) is 0 Å². The predicted molar refractivity (Wildman–Crippen MR) is 92.5 cm³/mol. The summed E-state index contributed by atoms with van der Waals surface area (Å²) in [6, 6.07) is 2.65. The van der Waals surface area contributed by atoms with Crippen LogP contribution in [0.25, 0.3) is 0 Å². The van der Waals surface area contributed by atoms with Crippen LogP contribution in [0.1, 0.15) is 42.5 Å². The van der Waals surface area contributed by atoms with Gasteiger partial charge in [-0.15, -0.1) is 11.3 Å². The molecule has 3 heterocycles. The van der Waals surface area contributed by atoms with E-state index in [1.807, 2.05) is 4.90 Å². The van der Waals surface area contributed by atoms with E-state index in [1.165, 1.54) is 29.7 Å². The largest absolute Gasteiger partial charge is 0.339 e. The first-order valence-corrected chi connectivity index (χ1v) is 10.2. The number of likely N-dealkylation sites (tertiary alicyclic amines) is 1. The van der Waals surface area contributed by atoms with Gasteiger partial charge < -0.3 is 9.80 Å². The van der Waals surface area contributed by atoms with Crippen LogP contribution in [0.15, 0.2) is 11.4 Å². The summed E-state index contributed by atoms with van der Waals surface area (Å²) in [6.45, 7) is 2.49. The molecule has 3 fully saturated rings. The summed E-state index contributed by atoms with van der Waals surface area (Å²) in [5.41, 5.74) is 1.29. The standard InChI is InChI=1S/C19H24N2O2S/c22-17(20-7-5-16-14(10-20)6-8-24-16)3-4-18(23)21-11-15-12-1-2-13(9-12)19(15)21/h6,8,12-13,15,19H,1-5,7,9-11H2. The number of hydrogen-bond donors (Lipinski definition) is 0. The molecule has 5 heteroatoms. The molecule has 128 valence electrons. The van der Waals surface area contributed by atoms with Gasteiger partial charge in [0, 0.05) is 49.3 Å². The van der Waals surface area contributed by atoms with Gasteiger partial charge in [-0.3, -0.25) is 9.59 Å². The first-order valence-electron chi connectivity index (χ1n) is 9.33. The van der Waals surface area contributed by atoms with Crippen molar-refractivity contribution in [2.75, 3.05) is 13.1 Å². The van der Waals surface area contributed by atoms with Crippen molar-refractivity contribution < 1.29 is 9.59 Å². The smallest absolute Gasteiger partial charge is 0.223 e. The Morgan fingerprint density at radius 1 is 1.17 bits per heavy atom. The summed E-state index contributed by atoms with van der Waals surface area (Å²) >= 11 is 1.79. The lowest BCUT2D eigenvalue weighted by molar-refractivity contribution is -0.149. The third kappa shape index (κ3) is 2.24. The van der Waals surface area contributed by atoms with E-state index in [0.29, 0.717) is 18.9 Å². The van der Waals surface area contributed by atoms with Crippen molar-refractivity contribution >= 4 is 23.2 Å². The Labute approximate surface area is 146 Å². The lowest BCUT2D eigenvalue weighted by Gasteiger charge is -2.50. The Bertz CT molecular complexity index is 683. The van der Waals surface area contributed by atoms with Crippen molar-refractivity contribution in [3.63, 3.8) is 0 Å². The maximum absolute atomic E-state index is 12.5. The van der Waals surface area contributed by atoms with E-state index in [0.717, 1.165) is 43.8 Å². The number of fused-ring (bicyclic) bond motifs is 6. The molecular formula is C19H24N2O2S. The summed E-state index contributed by atoms with van der Waals surface area (Å²) in [6.07, 6.45) is 5.77. The van der Waals surface area contributed by atoms with Gasteiger partial charge in [0.2, 0.25) is 11.8 Å². The number of carbonyl (C=O) groups is 2. The van der Waals surface area contributed by atoms with Crippen LogP contribution in [0.4, 0.5) is 0 Å². The highest BCUT2D eigenvalue weighted by molar-refractivity contribution is 7.10. The fourth-order valence-corrected chi connectivity index (χ4v) is 6.47. The molecule has 2 amide bonds. The molecule has 4 aliphatic rings. The molecular weight excluding hydrogens is 320 g/mol. The average Bonchev–Trinajstić information content (AvgIpc) is 3.25. The number of rotatable bonds is 3. The Morgan fingerprint density at radius 3 is 2.88 bits per heavy atom. The van der Waals surface area contributed by atoms with Crippen LogP contribution in [0, 0.1) is 17.8 Å². The highest BCUT2D eigenvalue weighted by atomic mass is 32.1. The second-order valence-electron chi connectivity index (χ2n) is 7.97. The monoisotopic (exact) mass is 344 g/mol. The summed E-state index contributed by atoms with van der Waals surface area (Å²) < 4.78 is 0. The van der Waals surface area contributed by atoms with Crippen LogP contribution in [0.2, 0.25) is 0 Å². The number of carbonyl (C=O) groups excluding carboxylic acids is 2. The zero-order chi connectivity index (χ0) is 16.3. The molecule has 2 aliphatic carbocycles. The second kappa shape index (κ2) is 5.58. The van der Waals surface area contributed by atoms with Crippen molar-refractivity contribution in [2.45, 2.75) is 51.1 Å². The molecule has 4 nitrogen and oxygen atoms in total. The molecule has 1 aromatic heterocycles. The molecule has 1 saturated heterocycles. The zero-order valence-corrected chi connectivity index (χ0v) is 14.8. The predicted octanol–water partition coefficient (Wildman–Crippen LogP) is 2.67. The van der Waals surface area contributed by atoms with Gasteiger partial charge in [-0.25, -0.2) is 0 Å². The SMILES string of the molecule is O=C(CCC(=O)N1CC2C3CCC(C3)C21)N1CCc2sccc2C1. The Hall–Kier alpha value is -1.36. The zero-order valence-electron chi connectivity index (χ0n) is 13.9. The third-order valence-corrected chi connectivity index (χ3v) is 7.86. The van der Waals surface area contributed by atoms with Crippen LogP contribution >= 0.6 is 11.3 Å². The highest BCUT2D eigenvalue weighted by Gasteiger charge is 2.57. The molecule has 1 aromatic rings. The highest BCUT2D eigenvalue weighted by Crippen LogP contribution is 2.55. The van der Waals surface area contributed by atoms with E-state index in [9.17, 15) is 9.59 Å². The quantitative estimate of drug-likeness (QED) is 0.846. The minimum atomic E-state index is 0.144. The minimum absolute atomic E-state index is 0.144. The van der Waals surface area contributed by atoms with Gasteiger partial charge in [-0.05, 0) is 54.5 Å². The molecule has 2 saturated carbocycles. The molecule has 2 bridgehead atoms. The van der Waals surface area contributed by atoms with E-state index in [4.69, 9.17) is 0 Å². The van der Waals surface area contributed by atoms with Crippen LogP contribution in [0.5, 0.6) is 0 Å². The van der Waals surface area contributed by atoms with Crippen molar-refractivity contribution in [3.8, 4) is 0 Å². The molecule has 0 N–H and O–H groups in total. The molecule has 4 atom stereocenters. The molecule has 4 unspecified atom stereocenters. The Morgan fingerprint density at radius 2 is 2.00 bits per heavy atom. The third-order valence-electron chi connectivity index (χ3n) is 6.84. The van der Waals surface area contributed by atoms with Gasteiger partial charge in [0.15, 0.2) is 0 Å². The van der Waals surface area contributed by atoms with E-state index in [2.05, 4.69) is 16.3 Å². The van der Waals surface area contributed by atoms with Crippen LogP contribution in [0.3, 0.4) is 0 Å². The van der Waals surface area contributed by atoms with Crippen LogP contribution in [-0.2, 0) is 22.6 Å². The summed E-state index contributed by atoms with van der Waals surface area (Å²) in [5.74, 6) is 2.78. The normalized spacial score (nSPS) is 33.2. The number of thiophene rings is 1. The van der Waals surface area contributed by atoms with Crippen molar-refractivity contribution in [2.24, 2.45) is 17.8 Å². The maximum atomic E-state index is 12.5. The maximum Gasteiger partial charge on any atom is 0.223 e. The van der Waals surface area contributed by atoms with Crippen LogP contribution < -0.4 is 0 Å². The molecule has 24 heavy (non-hydrogen) atoms. The van der Waals surface area contributed by atoms with E-state index in [1.54, 1.807) is 11.3 Å². The molecule has 0 radical (unpaired) electrons. The number of amides is 2. The van der Waals surface area contributed by atoms with Crippen LogP contribution in [-0.4, -0.2) is 40.7 Å². The summed E-state index contributed by atoms with van der Waals surface area (Å²) in [4.78, 5) is 30.5.